The molecule has 0 spiro atoms. The predicted octanol–water partition coefficient (Wildman–Crippen LogP) is 6.17. The minimum Gasteiger partial charge on any atom is -0.388 e. The Hall–Kier alpha value is -0.890. The molecule has 1 saturated carbocycles. The maximum Gasteiger partial charge on any atom is 0.123 e. The minimum atomic E-state index is -0.516. The number of hydrogen-bond acceptors (Lipinski definition) is 1. The van der Waals surface area contributed by atoms with Gasteiger partial charge in [0.15, 0.2) is 0 Å². The van der Waals surface area contributed by atoms with E-state index in [0.29, 0.717) is 5.56 Å². The molecule has 0 heterocycles. The molecule has 124 valence electrons. The number of hydrogen-bond donors (Lipinski definition) is 1. The third kappa shape index (κ3) is 6.48. The first-order chi connectivity index (χ1) is 10.8. The van der Waals surface area contributed by atoms with E-state index in [4.69, 9.17) is 0 Å². The quantitative estimate of drug-likeness (QED) is 0.541. The van der Waals surface area contributed by atoms with Gasteiger partial charge >= 0.3 is 0 Å². The van der Waals surface area contributed by atoms with Crippen LogP contribution in [0.2, 0.25) is 0 Å². The molecule has 2 rings (SSSR count). The molecule has 0 amide bonds. The zero-order chi connectivity index (χ0) is 15.6. The molecule has 1 aromatic rings. The van der Waals surface area contributed by atoms with E-state index in [1.165, 1.54) is 76.3 Å². The third-order valence-electron chi connectivity index (χ3n) is 5.05. The van der Waals surface area contributed by atoms with E-state index in [-0.39, 0.29) is 5.82 Å². The lowest BCUT2D eigenvalue weighted by Crippen LogP contribution is -2.05. The Bertz CT molecular complexity index is 412. The molecular formula is C20H31FO. The molecule has 1 N–H and O–H groups in total. The van der Waals surface area contributed by atoms with Crippen LogP contribution < -0.4 is 0 Å². The Balaban J connectivity index is 1.48. The molecular weight excluding hydrogens is 275 g/mol. The van der Waals surface area contributed by atoms with Crippen LogP contribution in [0.5, 0.6) is 0 Å². The van der Waals surface area contributed by atoms with Crippen molar-refractivity contribution in [1.29, 1.82) is 0 Å². The van der Waals surface area contributed by atoms with Gasteiger partial charge in [-0.3, -0.25) is 0 Å². The summed E-state index contributed by atoms with van der Waals surface area (Å²) in [6.45, 7) is 0. The first-order valence-corrected chi connectivity index (χ1v) is 9.19. The van der Waals surface area contributed by atoms with Gasteiger partial charge in [-0.15, -0.1) is 0 Å². The summed E-state index contributed by atoms with van der Waals surface area (Å²) in [7, 11) is 0. The van der Waals surface area contributed by atoms with Gasteiger partial charge in [0.25, 0.3) is 0 Å². The summed E-state index contributed by atoms with van der Waals surface area (Å²) in [4.78, 5) is 0. The third-order valence-corrected chi connectivity index (χ3v) is 5.05. The molecule has 1 atom stereocenters. The molecule has 0 aromatic heterocycles. The van der Waals surface area contributed by atoms with E-state index in [0.717, 1.165) is 18.8 Å². The fourth-order valence-corrected chi connectivity index (χ4v) is 3.66. The monoisotopic (exact) mass is 306 g/mol. The van der Waals surface area contributed by atoms with Gasteiger partial charge in [0.2, 0.25) is 0 Å². The Morgan fingerprint density at radius 2 is 1.73 bits per heavy atom. The van der Waals surface area contributed by atoms with Crippen molar-refractivity contribution in [2.45, 2.75) is 83.2 Å². The van der Waals surface area contributed by atoms with Gasteiger partial charge < -0.3 is 5.11 Å². The Kier molecular flexibility index (Phi) is 7.93. The molecule has 22 heavy (non-hydrogen) atoms. The maximum atomic E-state index is 13.1. The summed E-state index contributed by atoms with van der Waals surface area (Å²) in [6, 6.07) is 6.33. The van der Waals surface area contributed by atoms with E-state index in [2.05, 4.69) is 0 Å². The van der Waals surface area contributed by atoms with Crippen LogP contribution in [0.3, 0.4) is 0 Å². The average molecular weight is 306 g/mol. The van der Waals surface area contributed by atoms with Crippen molar-refractivity contribution in [1.82, 2.24) is 0 Å². The second-order valence-electron chi connectivity index (χ2n) is 6.92. The van der Waals surface area contributed by atoms with E-state index in [1.807, 2.05) is 0 Å². The van der Waals surface area contributed by atoms with Crippen molar-refractivity contribution >= 4 is 0 Å². The lowest BCUT2D eigenvalue weighted by atomic mass is 9.85. The summed E-state index contributed by atoms with van der Waals surface area (Å²) in [5.74, 6) is 0.739. The number of halogens is 1. The zero-order valence-electron chi connectivity index (χ0n) is 13.8. The van der Waals surface area contributed by atoms with E-state index in [1.54, 1.807) is 12.1 Å². The van der Waals surface area contributed by atoms with Crippen molar-refractivity contribution in [3.8, 4) is 0 Å². The van der Waals surface area contributed by atoms with Crippen molar-refractivity contribution < 1.29 is 9.50 Å². The maximum absolute atomic E-state index is 13.1. The van der Waals surface area contributed by atoms with Gasteiger partial charge in [-0.1, -0.05) is 82.8 Å². The van der Waals surface area contributed by atoms with E-state index < -0.39 is 6.10 Å². The van der Waals surface area contributed by atoms with Crippen molar-refractivity contribution in [2.75, 3.05) is 0 Å². The standard InChI is InChI=1S/C20H31FO/c21-19-14-9-13-18(16-19)20(22)15-8-3-1-2-5-10-17-11-6-4-7-12-17/h9,13-14,16-17,20,22H,1-8,10-12,15H2/t20-/m0/s1. The van der Waals surface area contributed by atoms with Gasteiger partial charge in [0, 0.05) is 0 Å². The summed E-state index contributed by atoms with van der Waals surface area (Å²) < 4.78 is 13.1. The van der Waals surface area contributed by atoms with Crippen molar-refractivity contribution in [2.24, 2.45) is 5.92 Å². The SMILES string of the molecule is O[C@@H](CCCCCCCC1CCCCC1)c1cccc(F)c1. The zero-order valence-corrected chi connectivity index (χ0v) is 13.8. The van der Waals surface area contributed by atoms with Crippen LogP contribution in [0.1, 0.15) is 88.7 Å². The smallest absolute Gasteiger partial charge is 0.123 e. The molecule has 0 unspecified atom stereocenters. The number of aliphatic hydroxyl groups is 1. The van der Waals surface area contributed by atoms with Crippen LogP contribution in [0, 0.1) is 11.7 Å². The number of rotatable bonds is 9. The molecule has 0 radical (unpaired) electrons. The molecule has 1 aliphatic rings. The number of unbranched alkanes of at least 4 members (excludes halogenated alkanes) is 4. The van der Waals surface area contributed by atoms with E-state index >= 15 is 0 Å². The lowest BCUT2D eigenvalue weighted by molar-refractivity contribution is 0.163. The molecule has 0 aliphatic heterocycles. The predicted molar refractivity (Wildman–Crippen MR) is 90.3 cm³/mol. The second kappa shape index (κ2) is 9.99. The fraction of sp³-hybridized carbons (Fsp3) is 0.700. The average Bonchev–Trinajstić information content (AvgIpc) is 2.54. The topological polar surface area (TPSA) is 20.2 Å². The van der Waals surface area contributed by atoms with Crippen LogP contribution in [0.25, 0.3) is 0 Å². The highest BCUT2D eigenvalue weighted by molar-refractivity contribution is 5.18. The first-order valence-electron chi connectivity index (χ1n) is 9.19. The van der Waals surface area contributed by atoms with Crippen molar-refractivity contribution in [3.63, 3.8) is 0 Å². The van der Waals surface area contributed by atoms with Crippen molar-refractivity contribution in [3.05, 3.63) is 35.6 Å². The highest BCUT2D eigenvalue weighted by Crippen LogP contribution is 2.28. The van der Waals surface area contributed by atoms with E-state index in [9.17, 15) is 9.50 Å². The summed E-state index contributed by atoms with van der Waals surface area (Å²) >= 11 is 0. The molecule has 1 fully saturated rings. The van der Waals surface area contributed by atoms with Crippen LogP contribution in [0.15, 0.2) is 24.3 Å². The largest absolute Gasteiger partial charge is 0.388 e. The first kappa shape index (κ1) is 17.5. The van der Waals surface area contributed by atoms with Gasteiger partial charge in [0.05, 0.1) is 6.10 Å². The molecule has 0 saturated heterocycles. The Morgan fingerprint density at radius 3 is 2.50 bits per heavy atom. The number of benzene rings is 1. The minimum absolute atomic E-state index is 0.265. The van der Waals surface area contributed by atoms with Gasteiger partial charge in [0.1, 0.15) is 5.82 Å². The van der Waals surface area contributed by atoms with Gasteiger partial charge in [-0.25, -0.2) is 4.39 Å². The van der Waals surface area contributed by atoms with Gasteiger partial charge in [-0.05, 0) is 30.0 Å². The molecule has 1 aliphatic carbocycles. The highest BCUT2D eigenvalue weighted by atomic mass is 19.1. The summed E-state index contributed by atoms with van der Waals surface area (Å²) in [5.41, 5.74) is 0.706. The normalized spacial score (nSPS) is 17.5. The Morgan fingerprint density at radius 1 is 1.00 bits per heavy atom. The summed E-state index contributed by atoms with van der Waals surface area (Å²) in [5, 5.41) is 10.1. The number of aliphatic hydroxyl groups excluding tert-OH is 1. The molecule has 2 heteroatoms. The van der Waals surface area contributed by atoms with Gasteiger partial charge in [-0.2, -0.15) is 0 Å². The molecule has 1 aromatic carbocycles. The van der Waals surface area contributed by atoms with Crippen LogP contribution >= 0.6 is 0 Å². The molecule has 1 nitrogen and oxygen atoms in total. The summed E-state index contributed by atoms with van der Waals surface area (Å²) in [6.07, 6.45) is 15.1. The highest BCUT2D eigenvalue weighted by Gasteiger charge is 2.12. The second-order valence-corrected chi connectivity index (χ2v) is 6.92. The van der Waals surface area contributed by atoms with Crippen LogP contribution in [0.4, 0.5) is 4.39 Å². The Labute approximate surface area is 134 Å². The molecule has 0 bridgehead atoms. The fourth-order valence-electron chi connectivity index (χ4n) is 3.66. The van der Waals surface area contributed by atoms with Crippen LogP contribution in [-0.4, -0.2) is 5.11 Å². The van der Waals surface area contributed by atoms with Crippen LogP contribution in [-0.2, 0) is 0 Å². The lowest BCUT2D eigenvalue weighted by Gasteiger charge is -2.21.